The monoisotopic (exact) mass is 308 g/mol. The summed E-state index contributed by atoms with van der Waals surface area (Å²) in [7, 11) is 0. The minimum atomic E-state index is -0.110. The van der Waals surface area contributed by atoms with Crippen LogP contribution in [0.25, 0.3) is 10.1 Å². The number of carbonyl (C=O) groups excluding carboxylic acids is 2. The van der Waals surface area contributed by atoms with Crippen molar-refractivity contribution in [2.75, 3.05) is 13.1 Å². The largest absolute Gasteiger partial charge is 0.350 e. The molecule has 2 amide bonds. The summed E-state index contributed by atoms with van der Waals surface area (Å²) < 4.78 is 1.02. The molecule has 104 valence electrons. The summed E-state index contributed by atoms with van der Waals surface area (Å²) in [6.07, 6.45) is 0. The first-order valence-electron chi connectivity index (χ1n) is 6.30. The van der Waals surface area contributed by atoms with Crippen molar-refractivity contribution in [2.24, 2.45) is 0 Å². The first-order valence-corrected chi connectivity index (χ1v) is 7.50. The van der Waals surface area contributed by atoms with Crippen molar-refractivity contribution in [1.82, 2.24) is 10.2 Å². The molecule has 1 aliphatic heterocycles. The van der Waals surface area contributed by atoms with Crippen LogP contribution in [0.1, 0.15) is 16.6 Å². The number of rotatable bonds is 1. The summed E-state index contributed by atoms with van der Waals surface area (Å²) >= 11 is 7.38. The molecule has 0 saturated carbocycles. The Balaban J connectivity index is 1.90. The molecular weight excluding hydrogens is 296 g/mol. The maximum Gasteiger partial charge on any atom is 0.264 e. The molecule has 1 unspecified atom stereocenters. The number of piperazine rings is 1. The fourth-order valence-corrected chi connectivity index (χ4v) is 3.56. The molecule has 1 atom stereocenters. The molecule has 2 heterocycles. The first kappa shape index (κ1) is 13.4. The first-order chi connectivity index (χ1) is 9.52. The van der Waals surface area contributed by atoms with Crippen molar-refractivity contribution in [3.8, 4) is 0 Å². The average Bonchev–Trinajstić information content (AvgIpc) is 2.79. The normalized spacial score (nSPS) is 19.2. The third-order valence-corrected chi connectivity index (χ3v) is 4.55. The molecular formula is C14H13ClN2O2S. The summed E-state index contributed by atoms with van der Waals surface area (Å²) in [5.41, 5.74) is 0. The summed E-state index contributed by atoms with van der Waals surface area (Å²) in [4.78, 5) is 26.2. The Morgan fingerprint density at radius 3 is 3.00 bits per heavy atom. The van der Waals surface area contributed by atoms with Crippen molar-refractivity contribution in [2.45, 2.75) is 13.0 Å². The predicted octanol–water partition coefficient (Wildman–Crippen LogP) is 2.52. The second-order valence-corrected chi connectivity index (χ2v) is 6.47. The lowest BCUT2D eigenvalue weighted by molar-refractivity contribution is -0.124. The van der Waals surface area contributed by atoms with Crippen molar-refractivity contribution in [1.29, 1.82) is 0 Å². The topological polar surface area (TPSA) is 49.4 Å². The molecule has 2 aromatic rings. The lowest BCUT2D eigenvalue weighted by Crippen LogP contribution is -2.54. The number of fused-ring (bicyclic) bond motifs is 1. The fourth-order valence-electron chi connectivity index (χ4n) is 2.36. The number of nitrogens with zero attached hydrogens (tertiary/aromatic N) is 1. The van der Waals surface area contributed by atoms with Gasteiger partial charge in [-0.25, -0.2) is 0 Å². The zero-order chi connectivity index (χ0) is 14.3. The molecule has 1 aliphatic rings. The second-order valence-electron chi connectivity index (χ2n) is 4.95. The van der Waals surface area contributed by atoms with Gasteiger partial charge in [0.25, 0.3) is 5.91 Å². The molecule has 1 aromatic carbocycles. The highest BCUT2D eigenvalue weighted by Gasteiger charge is 2.27. The number of benzene rings is 1. The van der Waals surface area contributed by atoms with Gasteiger partial charge in [-0.15, -0.1) is 11.3 Å². The summed E-state index contributed by atoms with van der Waals surface area (Å²) in [5.74, 6) is -0.203. The van der Waals surface area contributed by atoms with E-state index >= 15 is 0 Å². The smallest absolute Gasteiger partial charge is 0.264 e. The maximum atomic E-state index is 12.5. The molecule has 1 aromatic heterocycles. The molecule has 4 nitrogen and oxygen atoms in total. The minimum absolute atomic E-state index is 0.0102. The Morgan fingerprint density at radius 1 is 1.45 bits per heavy atom. The highest BCUT2D eigenvalue weighted by Crippen LogP contribution is 2.29. The third kappa shape index (κ3) is 2.51. The molecule has 3 rings (SSSR count). The Kier molecular flexibility index (Phi) is 3.40. The Labute approximate surface area is 125 Å². The standard InChI is InChI=1S/C14H13ClN2O2S/c1-8-6-17(7-13(18)16-8)14(19)12-5-9-4-10(15)2-3-11(9)20-12/h2-5,8H,6-7H2,1H3,(H,16,18). The van der Waals surface area contributed by atoms with Crippen LogP contribution in [0.4, 0.5) is 0 Å². The van der Waals surface area contributed by atoms with Crippen LogP contribution in [0, 0.1) is 0 Å². The predicted molar refractivity (Wildman–Crippen MR) is 80.3 cm³/mol. The van der Waals surface area contributed by atoms with Gasteiger partial charge in [0.2, 0.25) is 5.91 Å². The van der Waals surface area contributed by atoms with E-state index in [1.54, 1.807) is 4.90 Å². The van der Waals surface area contributed by atoms with Crippen molar-refractivity contribution < 1.29 is 9.59 Å². The van der Waals surface area contributed by atoms with Gasteiger partial charge < -0.3 is 10.2 Å². The van der Waals surface area contributed by atoms with Crippen LogP contribution < -0.4 is 5.32 Å². The molecule has 1 N–H and O–H groups in total. The van der Waals surface area contributed by atoms with Crippen LogP contribution in [0.2, 0.25) is 5.02 Å². The number of halogens is 1. The second kappa shape index (κ2) is 5.07. The average molecular weight is 309 g/mol. The number of thiophene rings is 1. The van der Waals surface area contributed by atoms with E-state index in [4.69, 9.17) is 11.6 Å². The molecule has 0 spiro atoms. The maximum absolute atomic E-state index is 12.5. The number of carbonyl (C=O) groups is 2. The molecule has 1 saturated heterocycles. The van der Waals surface area contributed by atoms with Gasteiger partial charge in [-0.3, -0.25) is 9.59 Å². The molecule has 0 aliphatic carbocycles. The van der Waals surface area contributed by atoms with Crippen LogP contribution in [0.15, 0.2) is 24.3 Å². The van der Waals surface area contributed by atoms with E-state index in [0.717, 1.165) is 10.1 Å². The lowest BCUT2D eigenvalue weighted by Gasteiger charge is -2.30. The van der Waals surface area contributed by atoms with E-state index in [9.17, 15) is 9.59 Å². The highest BCUT2D eigenvalue weighted by molar-refractivity contribution is 7.20. The number of amides is 2. The third-order valence-electron chi connectivity index (χ3n) is 3.21. The SMILES string of the molecule is CC1CN(C(=O)c2cc3cc(Cl)ccc3s2)CC(=O)N1. The van der Waals surface area contributed by atoms with Gasteiger partial charge in [0, 0.05) is 22.3 Å². The van der Waals surface area contributed by atoms with E-state index < -0.39 is 0 Å². The number of hydrogen-bond acceptors (Lipinski definition) is 3. The number of hydrogen-bond donors (Lipinski definition) is 1. The van der Waals surface area contributed by atoms with Gasteiger partial charge >= 0.3 is 0 Å². The Morgan fingerprint density at radius 2 is 2.25 bits per heavy atom. The van der Waals surface area contributed by atoms with Gasteiger partial charge in [-0.1, -0.05) is 11.6 Å². The molecule has 0 radical (unpaired) electrons. The van der Waals surface area contributed by atoms with Gasteiger partial charge in [-0.05, 0) is 36.6 Å². The lowest BCUT2D eigenvalue weighted by atomic mass is 10.2. The zero-order valence-corrected chi connectivity index (χ0v) is 12.4. The summed E-state index contributed by atoms with van der Waals surface area (Å²) in [5, 5.41) is 4.41. The van der Waals surface area contributed by atoms with Crippen LogP contribution in [0.5, 0.6) is 0 Å². The van der Waals surface area contributed by atoms with Gasteiger partial charge in [0.05, 0.1) is 11.4 Å². The quantitative estimate of drug-likeness (QED) is 0.880. The summed E-state index contributed by atoms with van der Waals surface area (Å²) in [6, 6.07) is 7.39. The number of nitrogens with one attached hydrogen (secondary N) is 1. The van der Waals surface area contributed by atoms with Crippen molar-refractivity contribution in [3.63, 3.8) is 0 Å². The Hall–Kier alpha value is -1.59. The zero-order valence-electron chi connectivity index (χ0n) is 10.9. The van der Waals surface area contributed by atoms with Crippen LogP contribution in [0.3, 0.4) is 0 Å². The molecule has 0 bridgehead atoms. The van der Waals surface area contributed by atoms with E-state index in [-0.39, 0.29) is 24.4 Å². The fraction of sp³-hybridized carbons (Fsp3) is 0.286. The van der Waals surface area contributed by atoms with E-state index in [0.29, 0.717) is 16.4 Å². The van der Waals surface area contributed by atoms with Crippen LogP contribution >= 0.6 is 22.9 Å². The van der Waals surface area contributed by atoms with Crippen LogP contribution in [-0.2, 0) is 4.79 Å². The van der Waals surface area contributed by atoms with Crippen LogP contribution in [-0.4, -0.2) is 35.8 Å². The Bertz CT molecular complexity index is 698. The van der Waals surface area contributed by atoms with Gasteiger partial charge in [0.1, 0.15) is 0 Å². The van der Waals surface area contributed by atoms with E-state index in [1.165, 1.54) is 11.3 Å². The molecule has 20 heavy (non-hydrogen) atoms. The minimum Gasteiger partial charge on any atom is -0.350 e. The van der Waals surface area contributed by atoms with Gasteiger partial charge in [-0.2, -0.15) is 0 Å². The molecule has 6 heteroatoms. The summed E-state index contributed by atoms with van der Waals surface area (Å²) in [6.45, 7) is 2.56. The van der Waals surface area contributed by atoms with Crippen molar-refractivity contribution >= 4 is 44.8 Å². The van der Waals surface area contributed by atoms with E-state index in [1.807, 2.05) is 31.2 Å². The highest BCUT2D eigenvalue weighted by atomic mass is 35.5. The van der Waals surface area contributed by atoms with E-state index in [2.05, 4.69) is 5.32 Å². The molecule has 1 fully saturated rings. The van der Waals surface area contributed by atoms with Crippen molar-refractivity contribution in [3.05, 3.63) is 34.2 Å². The van der Waals surface area contributed by atoms with Gasteiger partial charge in [0.15, 0.2) is 0 Å².